The van der Waals surface area contributed by atoms with Crippen molar-refractivity contribution >= 4 is 5.69 Å². The fourth-order valence-corrected chi connectivity index (χ4v) is 2.34. The van der Waals surface area contributed by atoms with Crippen LogP contribution in [0, 0.1) is 0 Å². The summed E-state index contributed by atoms with van der Waals surface area (Å²) in [7, 11) is 0. The molecule has 0 saturated heterocycles. The first kappa shape index (κ1) is 16.8. The van der Waals surface area contributed by atoms with E-state index in [1.807, 2.05) is 24.4 Å². The van der Waals surface area contributed by atoms with Gasteiger partial charge in [0.25, 0.3) is 0 Å². The van der Waals surface area contributed by atoms with Gasteiger partial charge < -0.3 is 5.32 Å². The molecule has 1 nitrogen and oxygen atoms in total. The third-order valence-corrected chi connectivity index (χ3v) is 4.01. The summed E-state index contributed by atoms with van der Waals surface area (Å²) in [6, 6.07) is 17.4. The summed E-state index contributed by atoms with van der Waals surface area (Å²) < 4.78 is 0. The second-order valence-electron chi connectivity index (χ2n) is 5.63. The van der Waals surface area contributed by atoms with Crippen molar-refractivity contribution in [2.24, 2.45) is 0 Å². The lowest BCUT2D eigenvalue weighted by atomic mass is 9.96. The van der Waals surface area contributed by atoms with Crippen LogP contribution in [0.3, 0.4) is 0 Å². The Bertz CT molecular complexity index is 660. The maximum Gasteiger partial charge on any atom is 0.0380 e. The van der Waals surface area contributed by atoms with Crippen molar-refractivity contribution in [3.63, 3.8) is 0 Å². The topological polar surface area (TPSA) is 12.0 Å². The molecule has 118 valence electrons. The second kappa shape index (κ2) is 8.79. The highest BCUT2D eigenvalue weighted by Gasteiger charge is 2.03. The van der Waals surface area contributed by atoms with Crippen LogP contribution in [-0.2, 0) is 0 Å². The minimum Gasteiger partial charge on any atom is -0.362 e. The van der Waals surface area contributed by atoms with Crippen LogP contribution in [0.2, 0.25) is 0 Å². The van der Waals surface area contributed by atoms with E-state index < -0.39 is 0 Å². The predicted octanol–water partition coefficient (Wildman–Crippen LogP) is 6.53. The number of anilines is 1. The third kappa shape index (κ3) is 5.00. The van der Waals surface area contributed by atoms with Crippen LogP contribution < -0.4 is 5.32 Å². The highest BCUT2D eigenvalue weighted by Crippen LogP contribution is 2.25. The maximum atomic E-state index is 3.63. The van der Waals surface area contributed by atoms with E-state index in [2.05, 4.69) is 74.3 Å². The van der Waals surface area contributed by atoms with Crippen LogP contribution in [-0.4, -0.2) is 0 Å². The van der Waals surface area contributed by atoms with Crippen molar-refractivity contribution in [1.82, 2.24) is 0 Å². The molecule has 0 saturated carbocycles. The number of nitrogens with one attached hydrogen (secondary N) is 1. The Morgan fingerprint density at radius 2 is 1.52 bits per heavy atom. The number of hydrogen-bond donors (Lipinski definition) is 1. The molecule has 0 aliphatic carbocycles. The van der Waals surface area contributed by atoms with Crippen molar-refractivity contribution in [2.75, 3.05) is 5.32 Å². The summed E-state index contributed by atoms with van der Waals surface area (Å²) in [5, 5.41) is 3.25. The molecule has 0 heterocycles. The largest absolute Gasteiger partial charge is 0.362 e. The van der Waals surface area contributed by atoms with Crippen LogP contribution in [0.5, 0.6) is 0 Å². The Labute approximate surface area is 140 Å². The first-order valence-corrected chi connectivity index (χ1v) is 8.15. The van der Waals surface area contributed by atoms with E-state index in [9.17, 15) is 0 Å². The van der Waals surface area contributed by atoms with E-state index in [4.69, 9.17) is 0 Å². The van der Waals surface area contributed by atoms with Gasteiger partial charge in [-0.05, 0) is 47.2 Å². The van der Waals surface area contributed by atoms with Crippen molar-refractivity contribution in [2.45, 2.75) is 26.2 Å². The molecule has 2 aromatic carbocycles. The van der Waals surface area contributed by atoms with Crippen LogP contribution in [0.1, 0.15) is 31.7 Å². The molecule has 2 aromatic rings. The minimum atomic E-state index is 0.623. The summed E-state index contributed by atoms with van der Waals surface area (Å²) in [6.45, 7) is 8.13. The molecule has 2 rings (SSSR count). The van der Waals surface area contributed by atoms with Gasteiger partial charge in [0.1, 0.15) is 0 Å². The molecule has 23 heavy (non-hydrogen) atoms. The first-order chi connectivity index (χ1) is 11.2. The Balaban J connectivity index is 2.03. The molecule has 0 radical (unpaired) electrons. The standard InChI is InChI=1S/C22H25N/c1-4-6-7-8-17-23-22-15-13-21(14-16-22)20-11-9-19(10-12-20)18(3)5-2/h4,6-18,23H,1,5H2,2-3H3/b7-6-,17-8-. The average Bonchev–Trinajstić information content (AvgIpc) is 2.61. The molecule has 0 aliphatic rings. The second-order valence-corrected chi connectivity index (χ2v) is 5.63. The molecule has 0 aromatic heterocycles. The predicted molar refractivity (Wildman–Crippen MR) is 103 cm³/mol. The zero-order chi connectivity index (χ0) is 16.5. The Morgan fingerprint density at radius 1 is 0.913 bits per heavy atom. The SMILES string of the molecule is C=C/C=C\C=C/Nc1ccc(-c2ccc(C(C)CC)cc2)cc1. The molecule has 0 bridgehead atoms. The van der Waals surface area contributed by atoms with E-state index in [0.717, 1.165) is 5.69 Å². The number of allylic oxidation sites excluding steroid dienone is 4. The molecular weight excluding hydrogens is 278 g/mol. The van der Waals surface area contributed by atoms with Crippen LogP contribution in [0.25, 0.3) is 11.1 Å². The van der Waals surface area contributed by atoms with Gasteiger partial charge in [0.05, 0.1) is 0 Å². The zero-order valence-electron chi connectivity index (χ0n) is 14.0. The fourth-order valence-electron chi connectivity index (χ4n) is 2.34. The van der Waals surface area contributed by atoms with Crippen molar-refractivity contribution in [3.05, 3.63) is 91.2 Å². The molecule has 0 amide bonds. The summed E-state index contributed by atoms with van der Waals surface area (Å²) in [6.07, 6.45) is 10.6. The van der Waals surface area contributed by atoms with E-state index in [1.54, 1.807) is 6.08 Å². The van der Waals surface area contributed by atoms with Crippen LogP contribution >= 0.6 is 0 Å². The van der Waals surface area contributed by atoms with Gasteiger partial charge in [-0.1, -0.05) is 75.1 Å². The lowest BCUT2D eigenvalue weighted by Gasteiger charge is -2.10. The van der Waals surface area contributed by atoms with Gasteiger partial charge in [-0.2, -0.15) is 0 Å². The van der Waals surface area contributed by atoms with Gasteiger partial charge in [0.2, 0.25) is 0 Å². The van der Waals surface area contributed by atoms with Crippen molar-refractivity contribution in [3.8, 4) is 11.1 Å². The molecule has 0 spiro atoms. The summed E-state index contributed by atoms with van der Waals surface area (Å²) in [5.74, 6) is 0.623. The zero-order valence-corrected chi connectivity index (χ0v) is 14.0. The Hall–Kier alpha value is -2.54. The molecule has 1 heteroatoms. The van der Waals surface area contributed by atoms with Crippen LogP contribution in [0.15, 0.2) is 85.6 Å². The monoisotopic (exact) mass is 303 g/mol. The molecule has 1 N–H and O–H groups in total. The molecule has 0 fully saturated rings. The maximum absolute atomic E-state index is 3.63. The molecule has 1 atom stereocenters. The average molecular weight is 303 g/mol. The Kier molecular flexibility index (Phi) is 6.43. The molecule has 1 unspecified atom stereocenters. The molecular formula is C22H25N. The van der Waals surface area contributed by atoms with Crippen molar-refractivity contribution < 1.29 is 0 Å². The normalized spacial score (nSPS) is 12.6. The van der Waals surface area contributed by atoms with Crippen LogP contribution in [0.4, 0.5) is 5.69 Å². The lowest BCUT2D eigenvalue weighted by Crippen LogP contribution is -1.91. The number of hydrogen-bond acceptors (Lipinski definition) is 1. The number of rotatable bonds is 7. The van der Waals surface area contributed by atoms with E-state index in [1.165, 1.54) is 23.1 Å². The van der Waals surface area contributed by atoms with E-state index in [-0.39, 0.29) is 0 Å². The third-order valence-electron chi connectivity index (χ3n) is 4.01. The minimum absolute atomic E-state index is 0.623. The van der Waals surface area contributed by atoms with Gasteiger partial charge >= 0.3 is 0 Å². The highest BCUT2D eigenvalue weighted by molar-refractivity contribution is 5.66. The van der Waals surface area contributed by atoms with Crippen molar-refractivity contribution in [1.29, 1.82) is 0 Å². The quantitative estimate of drug-likeness (QED) is 0.573. The fraction of sp³-hybridized carbons (Fsp3) is 0.182. The van der Waals surface area contributed by atoms with Gasteiger partial charge in [-0.15, -0.1) is 0 Å². The van der Waals surface area contributed by atoms with Gasteiger partial charge in [-0.3, -0.25) is 0 Å². The molecule has 0 aliphatic heterocycles. The highest BCUT2D eigenvalue weighted by atomic mass is 14.8. The van der Waals surface area contributed by atoms with E-state index in [0.29, 0.717) is 5.92 Å². The van der Waals surface area contributed by atoms with Gasteiger partial charge in [0, 0.05) is 11.9 Å². The summed E-state index contributed by atoms with van der Waals surface area (Å²) >= 11 is 0. The lowest BCUT2D eigenvalue weighted by molar-refractivity contribution is 0.734. The van der Waals surface area contributed by atoms with E-state index >= 15 is 0 Å². The van der Waals surface area contributed by atoms with Gasteiger partial charge in [-0.25, -0.2) is 0 Å². The summed E-state index contributed by atoms with van der Waals surface area (Å²) in [5.41, 5.74) is 4.98. The number of benzene rings is 2. The Morgan fingerprint density at radius 3 is 2.09 bits per heavy atom. The summed E-state index contributed by atoms with van der Waals surface area (Å²) in [4.78, 5) is 0. The smallest absolute Gasteiger partial charge is 0.0380 e. The van der Waals surface area contributed by atoms with Gasteiger partial charge in [0.15, 0.2) is 0 Å². The first-order valence-electron chi connectivity index (χ1n) is 8.15.